The minimum absolute atomic E-state index is 0.361. The van der Waals surface area contributed by atoms with Gasteiger partial charge in [-0.2, -0.15) is 0 Å². The maximum Gasteiger partial charge on any atom is 0.262 e. The van der Waals surface area contributed by atoms with Gasteiger partial charge in [-0.3, -0.25) is 4.57 Å². The van der Waals surface area contributed by atoms with Gasteiger partial charge in [-0.05, 0) is 12.1 Å². The van der Waals surface area contributed by atoms with Gasteiger partial charge >= 0.3 is 0 Å². The number of halogens is 1. The van der Waals surface area contributed by atoms with E-state index in [9.17, 15) is 5.11 Å². The molecule has 1 aliphatic rings. The van der Waals surface area contributed by atoms with Crippen molar-refractivity contribution in [1.82, 2.24) is 0 Å². The van der Waals surface area contributed by atoms with Crippen LogP contribution in [-0.2, 0) is 15.1 Å². The number of phosphoric acid groups is 1. The molecule has 132 valence electrons. The van der Waals surface area contributed by atoms with Gasteiger partial charge in [0.25, 0.3) is 7.82 Å². The third kappa shape index (κ3) is 7.60. The van der Waals surface area contributed by atoms with Crippen molar-refractivity contribution in [2.75, 3.05) is 46.2 Å². The third-order valence-corrected chi connectivity index (χ3v) is 3.26. The summed E-state index contributed by atoms with van der Waals surface area (Å²) >= 11 is 5.92. The normalized spacial score (nSPS) is 20.3. The summed E-state index contributed by atoms with van der Waals surface area (Å²) in [6.45, 7) is 1.70. The van der Waals surface area contributed by atoms with Crippen molar-refractivity contribution in [2.24, 2.45) is 0 Å². The number of quaternary nitrogens is 1. The number of benzene rings is 1. The standard InChI is InChI=1S/C13H20ClN2O2.H3O4P/c1-16(2,3)6-7-18-13(17)9-15-12-8-10(14)4-5-11(12)13;1-5(2,3)4/h4-5,8,15,17H,6-7,9H2,1-3H3;(H3,1,2,3,4)/q+1;/p-1. The Balaban J connectivity index is 0.000000463. The Morgan fingerprint density at radius 3 is 2.52 bits per heavy atom. The Bertz CT molecular complexity index is 580. The molecule has 0 amide bonds. The molecule has 0 saturated heterocycles. The quantitative estimate of drug-likeness (QED) is 0.337. The van der Waals surface area contributed by atoms with Crippen molar-refractivity contribution in [3.05, 3.63) is 28.8 Å². The van der Waals surface area contributed by atoms with Crippen LogP contribution in [0.15, 0.2) is 18.2 Å². The monoisotopic (exact) mass is 368 g/mol. The topological polar surface area (TPSA) is 122 Å². The molecule has 1 aromatic rings. The zero-order valence-corrected chi connectivity index (χ0v) is 14.8. The zero-order chi connectivity index (χ0) is 17.9. The summed E-state index contributed by atoms with van der Waals surface area (Å²) in [4.78, 5) is 22.9. The van der Waals surface area contributed by atoms with Gasteiger partial charge in [0.1, 0.15) is 6.54 Å². The molecule has 1 heterocycles. The maximum absolute atomic E-state index is 10.5. The van der Waals surface area contributed by atoms with Gasteiger partial charge in [0.05, 0.1) is 34.3 Å². The molecule has 0 aliphatic carbocycles. The van der Waals surface area contributed by atoms with Crippen LogP contribution < -0.4 is 10.2 Å². The summed E-state index contributed by atoms with van der Waals surface area (Å²) in [5, 5.41) is 14.3. The molecule has 8 nitrogen and oxygen atoms in total. The molecule has 1 aromatic carbocycles. The first kappa shape index (κ1) is 20.3. The first-order valence-electron chi connectivity index (χ1n) is 6.77. The number of rotatable bonds is 4. The van der Waals surface area contributed by atoms with E-state index in [0.29, 0.717) is 18.2 Å². The van der Waals surface area contributed by atoms with Crippen LogP contribution in [0.2, 0.25) is 5.02 Å². The lowest BCUT2D eigenvalue weighted by molar-refractivity contribution is -0.871. The molecule has 2 rings (SSSR count). The lowest BCUT2D eigenvalue weighted by Gasteiger charge is -2.27. The molecule has 23 heavy (non-hydrogen) atoms. The Morgan fingerprint density at radius 1 is 1.43 bits per heavy atom. The van der Waals surface area contributed by atoms with Crippen molar-refractivity contribution in [3.8, 4) is 0 Å². The third-order valence-electron chi connectivity index (χ3n) is 3.02. The van der Waals surface area contributed by atoms with E-state index < -0.39 is 13.6 Å². The number of β-amino-alcohol motifs (C(OH)–C–C–N with tert-alkyl or cyclic N) is 1. The van der Waals surface area contributed by atoms with E-state index in [4.69, 9.17) is 35.6 Å². The van der Waals surface area contributed by atoms with Crippen LogP contribution in [0.1, 0.15) is 5.56 Å². The number of aliphatic hydroxyl groups is 1. The number of hydrogen-bond acceptors (Lipinski definition) is 5. The van der Waals surface area contributed by atoms with Crippen LogP contribution in [0.4, 0.5) is 5.69 Å². The van der Waals surface area contributed by atoms with Gasteiger partial charge in [0.2, 0.25) is 5.79 Å². The molecule has 10 heteroatoms. The lowest BCUT2D eigenvalue weighted by Crippen LogP contribution is -2.40. The van der Waals surface area contributed by atoms with Crippen molar-refractivity contribution >= 4 is 25.1 Å². The minimum atomic E-state index is -4.89. The van der Waals surface area contributed by atoms with E-state index in [1.807, 2.05) is 6.07 Å². The van der Waals surface area contributed by atoms with Crippen LogP contribution in [-0.4, -0.2) is 60.2 Å². The van der Waals surface area contributed by atoms with Crippen molar-refractivity contribution in [1.29, 1.82) is 0 Å². The second kappa shape index (κ2) is 7.46. The maximum atomic E-state index is 10.5. The van der Waals surface area contributed by atoms with E-state index in [1.165, 1.54) is 0 Å². The molecule has 0 radical (unpaired) electrons. The second-order valence-corrected chi connectivity index (χ2v) is 7.60. The molecule has 0 spiro atoms. The fourth-order valence-electron chi connectivity index (χ4n) is 1.93. The van der Waals surface area contributed by atoms with Crippen LogP contribution in [0, 0.1) is 0 Å². The van der Waals surface area contributed by atoms with Gasteiger partial charge in [0, 0.05) is 16.3 Å². The van der Waals surface area contributed by atoms with Crippen molar-refractivity contribution < 1.29 is 33.6 Å². The number of nitrogens with zero attached hydrogens (tertiary/aromatic N) is 1. The van der Waals surface area contributed by atoms with Crippen LogP contribution in [0.25, 0.3) is 0 Å². The highest BCUT2D eigenvalue weighted by atomic mass is 35.5. The average Bonchev–Trinajstić information content (AvgIpc) is 2.63. The molecule has 0 bridgehead atoms. The molecule has 4 N–H and O–H groups in total. The summed E-state index contributed by atoms with van der Waals surface area (Å²) in [6, 6.07) is 5.38. The predicted molar refractivity (Wildman–Crippen MR) is 84.7 cm³/mol. The van der Waals surface area contributed by atoms with E-state index in [-0.39, 0.29) is 0 Å². The van der Waals surface area contributed by atoms with Crippen LogP contribution in [0.3, 0.4) is 0 Å². The van der Waals surface area contributed by atoms with E-state index in [0.717, 1.165) is 22.3 Å². The smallest absolute Gasteiger partial charge is 0.262 e. The van der Waals surface area contributed by atoms with Gasteiger partial charge < -0.3 is 34.3 Å². The largest absolute Gasteiger partial charge is 0.756 e. The molecule has 1 aliphatic heterocycles. The average molecular weight is 369 g/mol. The highest BCUT2D eigenvalue weighted by molar-refractivity contribution is 7.43. The fraction of sp³-hybridized carbons (Fsp3) is 0.538. The first-order valence-corrected chi connectivity index (χ1v) is 8.68. The molecule has 0 saturated carbocycles. The number of hydrogen-bond donors (Lipinski definition) is 4. The van der Waals surface area contributed by atoms with Crippen LogP contribution in [0.5, 0.6) is 0 Å². The zero-order valence-electron chi connectivity index (χ0n) is 13.2. The Hall–Kier alpha value is -0.700. The van der Waals surface area contributed by atoms with E-state index in [1.54, 1.807) is 12.1 Å². The minimum Gasteiger partial charge on any atom is -0.756 e. The number of likely N-dealkylation sites (N-methyl/N-ethyl adjacent to an activating group) is 1. The molecular weight excluding hydrogens is 347 g/mol. The lowest BCUT2D eigenvalue weighted by atomic mass is 10.1. The summed E-state index contributed by atoms with van der Waals surface area (Å²) < 4.78 is 15.2. The number of fused-ring (bicyclic) bond motifs is 1. The molecular formula is C13H22ClN2O6P. The van der Waals surface area contributed by atoms with Gasteiger partial charge in [0.15, 0.2) is 0 Å². The van der Waals surface area contributed by atoms with Gasteiger partial charge in [-0.15, -0.1) is 0 Å². The van der Waals surface area contributed by atoms with E-state index in [2.05, 4.69) is 26.5 Å². The van der Waals surface area contributed by atoms with Crippen LogP contribution >= 0.6 is 19.4 Å². The summed E-state index contributed by atoms with van der Waals surface area (Å²) in [6.07, 6.45) is 0. The highest BCUT2D eigenvalue weighted by Crippen LogP contribution is 2.37. The molecule has 1 unspecified atom stereocenters. The first-order chi connectivity index (χ1) is 10.3. The Morgan fingerprint density at radius 2 is 2.00 bits per heavy atom. The number of anilines is 1. The van der Waals surface area contributed by atoms with Gasteiger partial charge in [-0.25, -0.2) is 0 Å². The molecule has 0 aromatic heterocycles. The van der Waals surface area contributed by atoms with Gasteiger partial charge in [-0.1, -0.05) is 17.7 Å². The summed E-state index contributed by atoms with van der Waals surface area (Å²) in [5.41, 5.74) is 1.60. The second-order valence-electron chi connectivity index (χ2n) is 6.18. The molecule has 0 fully saturated rings. The highest BCUT2D eigenvalue weighted by Gasteiger charge is 2.38. The summed E-state index contributed by atoms with van der Waals surface area (Å²) in [5.74, 6) is -1.24. The van der Waals surface area contributed by atoms with Crippen molar-refractivity contribution in [2.45, 2.75) is 5.79 Å². The predicted octanol–water partition coefficient (Wildman–Crippen LogP) is 0.0728. The summed E-state index contributed by atoms with van der Waals surface area (Å²) in [7, 11) is 1.38. The Kier molecular flexibility index (Phi) is 6.60. The molecule has 1 atom stereocenters. The Labute approximate surface area is 140 Å². The SMILES string of the molecule is C[N+](C)(C)CCOC1(O)CNc2cc(Cl)ccc21.O=P([O-])(O)O. The number of nitrogens with one attached hydrogen (secondary N) is 1. The van der Waals surface area contributed by atoms with E-state index >= 15 is 0 Å². The number of ether oxygens (including phenoxy) is 1. The van der Waals surface area contributed by atoms with Crippen molar-refractivity contribution in [3.63, 3.8) is 0 Å². The fourth-order valence-corrected chi connectivity index (χ4v) is 2.10.